The van der Waals surface area contributed by atoms with E-state index in [1.807, 2.05) is 0 Å². The summed E-state index contributed by atoms with van der Waals surface area (Å²) in [6.07, 6.45) is -4.53. The Morgan fingerprint density at radius 1 is 1.44 bits per heavy atom. The Hall–Kier alpha value is -0.460. The first-order chi connectivity index (χ1) is 8.39. The Morgan fingerprint density at radius 3 is 2.67 bits per heavy atom. The fraction of sp³-hybridized carbons (Fsp3) is 0.545. The van der Waals surface area contributed by atoms with E-state index in [0.29, 0.717) is 0 Å². The summed E-state index contributed by atoms with van der Waals surface area (Å²) in [6, 6.07) is 2.07. The quantitative estimate of drug-likeness (QED) is 0.848. The van der Waals surface area contributed by atoms with Crippen LogP contribution >= 0.6 is 23.4 Å². The summed E-state index contributed by atoms with van der Waals surface area (Å²) in [4.78, 5) is 3.31. The Kier molecular flexibility index (Phi) is 4.08. The van der Waals surface area contributed by atoms with Crippen LogP contribution in [0.4, 0.5) is 13.2 Å². The summed E-state index contributed by atoms with van der Waals surface area (Å²) in [5, 5.41) is 9.81. The molecule has 2 rings (SSSR count). The van der Waals surface area contributed by atoms with Crippen molar-refractivity contribution in [3.8, 4) is 0 Å². The first kappa shape index (κ1) is 14.0. The van der Waals surface area contributed by atoms with Crippen LogP contribution in [0.3, 0.4) is 0 Å². The van der Waals surface area contributed by atoms with Crippen LogP contribution in [0.25, 0.3) is 0 Å². The van der Waals surface area contributed by atoms with Crippen molar-refractivity contribution in [2.75, 3.05) is 11.5 Å². The molecular weight excluding hydrogens is 287 g/mol. The maximum atomic E-state index is 12.4. The van der Waals surface area contributed by atoms with Crippen LogP contribution in [0.1, 0.15) is 23.8 Å². The van der Waals surface area contributed by atoms with Gasteiger partial charge in [0.05, 0.1) is 6.10 Å². The lowest BCUT2D eigenvalue weighted by molar-refractivity contribution is -0.141. The van der Waals surface area contributed by atoms with Crippen LogP contribution in [-0.4, -0.2) is 21.6 Å². The lowest BCUT2D eigenvalue weighted by Crippen LogP contribution is -2.14. The molecule has 1 N–H and O–H groups in total. The van der Waals surface area contributed by atoms with Crippen molar-refractivity contribution < 1.29 is 18.3 Å². The van der Waals surface area contributed by atoms with Crippen molar-refractivity contribution in [3.05, 3.63) is 28.5 Å². The molecule has 1 saturated heterocycles. The van der Waals surface area contributed by atoms with E-state index < -0.39 is 18.0 Å². The van der Waals surface area contributed by atoms with Crippen LogP contribution in [0.15, 0.2) is 12.1 Å². The minimum atomic E-state index is -4.52. The zero-order valence-electron chi connectivity index (χ0n) is 9.25. The molecule has 100 valence electrons. The largest absolute Gasteiger partial charge is 0.433 e. The second-order valence-corrected chi connectivity index (χ2v) is 5.65. The highest BCUT2D eigenvalue weighted by atomic mass is 35.5. The van der Waals surface area contributed by atoms with E-state index in [0.717, 1.165) is 24.0 Å². The van der Waals surface area contributed by atoms with Gasteiger partial charge in [0.25, 0.3) is 0 Å². The predicted octanol–water partition coefficient (Wildman–Crippen LogP) is 3.54. The smallest absolute Gasteiger partial charge is 0.388 e. The van der Waals surface area contributed by atoms with Crippen LogP contribution < -0.4 is 0 Å². The van der Waals surface area contributed by atoms with E-state index in [1.54, 1.807) is 11.8 Å². The second kappa shape index (κ2) is 5.27. The highest BCUT2D eigenvalue weighted by Crippen LogP contribution is 2.37. The highest BCUT2D eigenvalue weighted by molar-refractivity contribution is 7.99. The minimum absolute atomic E-state index is 0.0334. The first-order valence-corrected chi connectivity index (χ1v) is 6.92. The van der Waals surface area contributed by atoms with Crippen molar-refractivity contribution in [1.29, 1.82) is 0 Å². The number of halogens is 4. The molecule has 1 aromatic heterocycles. The number of aromatic nitrogens is 1. The lowest BCUT2D eigenvalue weighted by Gasteiger charge is -2.18. The van der Waals surface area contributed by atoms with Gasteiger partial charge in [0, 0.05) is 5.56 Å². The summed E-state index contributed by atoms with van der Waals surface area (Å²) in [5.41, 5.74) is -0.763. The average Bonchev–Trinajstić information content (AvgIpc) is 2.80. The van der Waals surface area contributed by atoms with Gasteiger partial charge < -0.3 is 5.11 Å². The van der Waals surface area contributed by atoms with Gasteiger partial charge in [-0.3, -0.25) is 0 Å². The fourth-order valence-electron chi connectivity index (χ4n) is 1.88. The molecule has 18 heavy (non-hydrogen) atoms. The van der Waals surface area contributed by atoms with Crippen LogP contribution in [0, 0.1) is 5.92 Å². The maximum absolute atomic E-state index is 12.4. The number of nitrogens with zero attached hydrogens (tertiary/aromatic N) is 1. The Morgan fingerprint density at radius 2 is 2.17 bits per heavy atom. The molecule has 1 aliphatic rings. The van der Waals surface area contributed by atoms with Crippen molar-refractivity contribution >= 4 is 23.4 Å². The number of aliphatic hydroxyl groups excluding tert-OH is 1. The van der Waals surface area contributed by atoms with E-state index >= 15 is 0 Å². The molecule has 1 aromatic rings. The Bertz CT molecular complexity index is 435. The normalized spacial score (nSPS) is 22.2. The van der Waals surface area contributed by atoms with Gasteiger partial charge in [-0.05, 0) is 29.9 Å². The fourth-order valence-corrected chi connectivity index (χ4v) is 3.43. The molecule has 2 unspecified atom stereocenters. The third kappa shape index (κ3) is 2.92. The Balaban J connectivity index is 2.24. The second-order valence-electron chi connectivity index (χ2n) is 4.14. The van der Waals surface area contributed by atoms with Crippen LogP contribution in [0.5, 0.6) is 0 Å². The molecule has 7 heteroatoms. The number of thioether (sulfide) groups is 1. The number of aliphatic hydroxyl groups is 1. The number of hydrogen-bond donors (Lipinski definition) is 1. The molecule has 1 fully saturated rings. The first-order valence-electron chi connectivity index (χ1n) is 5.39. The van der Waals surface area contributed by atoms with Crippen molar-refractivity contribution in [2.24, 2.45) is 5.92 Å². The molecule has 2 nitrogen and oxygen atoms in total. The van der Waals surface area contributed by atoms with Gasteiger partial charge in [-0.1, -0.05) is 17.7 Å². The molecule has 0 amide bonds. The molecule has 0 saturated carbocycles. The average molecular weight is 298 g/mol. The molecule has 0 bridgehead atoms. The van der Waals surface area contributed by atoms with Crippen LogP contribution in [0.2, 0.25) is 5.15 Å². The van der Waals surface area contributed by atoms with Gasteiger partial charge in [-0.25, -0.2) is 4.98 Å². The predicted molar refractivity (Wildman–Crippen MR) is 64.6 cm³/mol. The van der Waals surface area contributed by atoms with Gasteiger partial charge in [0.2, 0.25) is 0 Å². The van der Waals surface area contributed by atoms with Crippen molar-refractivity contribution in [1.82, 2.24) is 4.98 Å². The standard InChI is InChI=1S/C11H11ClF3NOS/c12-10-7(9(17)6-3-4-18-5-6)1-2-8(16-10)11(13,14)15/h1-2,6,9,17H,3-5H2. The summed E-state index contributed by atoms with van der Waals surface area (Å²) in [6.45, 7) is 0. The van der Waals surface area contributed by atoms with Gasteiger partial charge in [-0.2, -0.15) is 24.9 Å². The zero-order valence-corrected chi connectivity index (χ0v) is 10.8. The molecule has 0 spiro atoms. The van der Waals surface area contributed by atoms with Crippen molar-refractivity contribution in [3.63, 3.8) is 0 Å². The molecule has 0 aromatic carbocycles. The Labute approximate surface area is 112 Å². The van der Waals surface area contributed by atoms with E-state index in [-0.39, 0.29) is 16.6 Å². The lowest BCUT2D eigenvalue weighted by atomic mass is 9.96. The highest BCUT2D eigenvalue weighted by Gasteiger charge is 2.34. The number of hydrogen-bond acceptors (Lipinski definition) is 3. The summed E-state index contributed by atoms with van der Waals surface area (Å²) in [5.74, 6) is 1.78. The monoisotopic (exact) mass is 297 g/mol. The molecule has 2 heterocycles. The molecule has 2 atom stereocenters. The summed E-state index contributed by atoms with van der Waals surface area (Å²) >= 11 is 7.45. The SMILES string of the molecule is OC(c1ccc(C(F)(F)F)nc1Cl)C1CCSC1. The molecule has 0 aliphatic carbocycles. The van der Waals surface area contributed by atoms with Crippen molar-refractivity contribution in [2.45, 2.75) is 18.7 Å². The van der Waals surface area contributed by atoms with Gasteiger partial charge in [0.15, 0.2) is 0 Å². The van der Waals surface area contributed by atoms with Gasteiger partial charge in [0.1, 0.15) is 10.8 Å². The van der Waals surface area contributed by atoms with Gasteiger partial charge >= 0.3 is 6.18 Å². The van der Waals surface area contributed by atoms with E-state index in [9.17, 15) is 18.3 Å². The zero-order chi connectivity index (χ0) is 13.3. The molecule has 0 radical (unpaired) electrons. The van der Waals surface area contributed by atoms with E-state index in [4.69, 9.17) is 11.6 Å². The molecule has 1 aliphatic heterocycles. The molecular formula is C11H11ClF3NOS. The topological polar surface area (TPSA) is 33.1 Å². The summed E-state index contributed by atoms with van der Waals surface area (Å²) < 4.78 is 37.2. The third-order valence-electron chi connectivity index (χ3n) is 2.90. The van der Waals surface area contributed by atoms with E-state index in [1.165, 1.54) is 6.07 Å². The summed E-state index contributed by atoms with van der Waals surface area (Å²) in [7, 11) is 0. The minimum Gasteiger partial charge on any atom is -0.388 e. The number of rotatable bonds is 2. The maximum Gasteiger partial charge on any atom is 0.433 e. The third-order valence-corrected chi connectivity index (χ3v) is 4.39. The van der Waals surface area contributed by atoms with E-state index in [2.05, 4.69) is 4.98 Å². The van der Waals surface area contributed by atoms with Crippen LogP contribution in [-0.2, 0) is 6.18 Å². The number of alkyl halides is 3. The number of pyridine rings is 1. The van der Waals surface area contributed by atoms with Gasteiger partial charge in [-0.15, -0.1) is 0 Å².